The summed E-state index contributed by atoms with van der Waals surface area (Å²) in [6.45, 7) is 8.57. The molecule has 0 aliphatic rings. The Labute approximate surface area is 164 Å². The van der Waals surface area contributed by atoms with Crippen LogP contribution in [0.5, 0.6) is 0 Å². The Kier molecular flexibility index (Phi) is 6.56. The van der Waals surface area contributed by atoms with Gasteiger partial charge in [-0.2, -0.15) is 0 Å². The third-order valence-corrected chi connectivity index (χ3v) is 3.84. The topological polar surface area (TPSA) is 113 Å². The van der Waals surface area contributed by atoms with E-state index in [9.17, 15) is 14.4 Å². The van der Waals surface area contributed by atoms with E-state index >= 15 is 0 Å². The zero-order valence-corrected chi connectivity index (χ0v) is 16.7. The molecule has 0 fully saturated rings. The van der Waals surface area contributed by atoms with Gasteiger partial charge in [0.15, 0.2) is 5.69 Å². The molecule has 2 atom stereocenters. The van der Waals surface area contributed by atoms with Gasteiger partial charge >= 0.3 is 5.97 Å². The molecular weight excluding hydrogens is 360 g/mol. The first kappa shape index (κ1) is 21.1. The zero-order chi connectivity index (χ0) is 20.9. The van der Waals surface area contributed by atoms with Gasteiger partial charge in [-0.1, -0.05) is 30.3 Å². The number of nitrogens with zero attached hydrogens (tertiary/aromatic N) is 1. The van der Waals surface area contributed by atoms with E-state index in [0.29, 0.717) is 0 Å². The Morgan fingerprint density at radius 2 is 1.68 bits per heavy atom. The third-order valence-electron chi connectivity index (χ3n) is 3.84. The summed E-state index contributed by atoms with van der Waals surface area (Å²) in [6, 6.07) is 8.30. The van der Waals surface area contributed by atoms with Crippen molar-refractivity contribution in [3.63, 3.8) is 0 Å². The molecule has 2 amide bonds. The zero-order valence-electron chi connectivity index (χ0n) is 16.7. The van der Waals surface area contributed by atoms with Crippen molar-refractivity contribution in [2.45, 2.75) is 52.3 Å². The highest BCUT2D eigenvalue weighted by Crippen LogP contribution is 2.13. The van der Waals surface area contributed by atoms with E-state index in [0.717, 1.165) is 5.56 Å². The summed E-state index contributed by atoms with van der Waals surface area (Å²) in [5.74, 6) is -1.68. The number of aromatic amines is 1. The summed E-state index contributed by atoms with van der Waals surface area (Å²) in [6.07, 6.45) is 1.26. The van der Waals surface area contributed by atoms with Crippen molar-refractivity contribution in [3.05, 3.63) is 53.6 Å². The number of esters is 1. The van der Waals surface area contributed by atoms with Crippen LogP contribution in [0.4, 0.5) is 0 Å². The highest BCUT2D eigenvalue weighted by atomic mass is 16.6. The molecule has 8 heteroatoms. The number of hydrogen-bond donors (Lipinski definition) is 3. The number of hydrogen-bond acceptors (Lipinski definition) is 5. The van der Waals surface area contributed by atoms with E-state index in [1.165, 1.54) is 13.3 Å². The first-order valence-corrected chi connectivity index (χ1v) is 9.01. The quantitative estimate of drug-likeness (QED) is 0.660. The van der Waals surface area contributed by atoms with Gasteiger partial charge in [-0.15, -0.1) is 0 Å². The second-order valence-electron chi connectivity index (χ2n) is 7.46. The second-order valence-corrected chi connectivity index (χ2v) is 7.46. The van der Waals surface area contributed by atoms with E-state index in [1.807, 2.05) is 37.3 Å². The van der Waals surface area contributed by atoms with E-state index in [2.05, 4.69) is 20.6 Å². The smallest absolute Gasteiger partial charge is 0.328 e. The number of rotatable bonds is 6. The van der Waals surface area contributed by atoms with Crippen LogP contribution in [0.1, 0.15) is 67.2 Å². The first-order valence-electron chi connectivity index (χ1n) is 9.01. The van der Waals surface area contributed by atoms with Crippen molar-refractivity contribution in [1.82, 2.24) is 20.6 Å². The van der Waals surface area contributed by atoms with E-state index in [1.54, 1.807) is 20.8 Å². The molecule has 1 aromatic carbocycles. The highest BCUT2D eigenvalue weighted by molar-refractivity contribution is 6.05. The van der Waals surface area contributed by atoms with E-state index in [4.69, 9.17) is 4.74 Å². The third kappa shape index (κ3) is 5.67. The largest absolute Gasteiger partial charge is 0.458 e. The van der Waals surface area contributed by atoms with Gasteiger partial charge in [-0.25, -0.2) is 9.78 Å². The van der Waals surface area contributed by atoms with Gasteiger partial charge in [0.05, 0.1) is 12.4 Å². The van der Waals surface area contributed by atoms with E-state index < -0.39 is 29.4 Å². The minimum atomic E-state index is -0.887. The van der Waals surface area contributed by atoms with Crippen molar-refractivity contribution >= 4 is 17.8 Å². The molecule has 150 valence electrons. The molecule has 1 aromatic heterocycles. The maximum absolute atomic E-state index is 12.6. The number of amides is 2. The van der Waals surface area contributed by atoms with Crippen LogP contribution in [0.25, 0.3) is 0 Å². The first-order chi connectivity index (χ1) is 13.1. The summed E-state index contributed by atoms with van der Waals surface area (Å²) in [7, 11) is 0. The molecule has 0 saturated heterocycles. The Hall–Kier alpha value is -3.16. The van der Waals surface area contributed by atoms with Gasteiger partial charge in [0.1, 0.15) is 17.3 Å². The lowest BCUT2D eigenvalue weighted by atomic mass is 10.1. The van der Waals surface area contributed by atoms with Crippen LogP contribution in [0.15, 0.2) is 36.7 Å². The predicted molar refractivity (Wildman–Crippen MR) is 104 cm³/mol. The van der Waals surface area contributed by atoms with Gasteiger partial charge < -0.3 is 20.4 Å². The SMILES string of the molecule is C[C@H](NC(=O)c1nc[nH]c1C(=O)N[C@H](C)c1ccccc1)C(=O)OC(C)(C)C. The molecular formula is C20H26N4O4. The number of benzene rings is 1. The summed E-state index contributed by atoms with van der Waals surface area (Å²) < 4.78 is 5.24. The summed E-state index contributed by atoms with van der Waals surface area (Å²) in [4.78, 5) is 43.7. The molecule has 0 bridgehead atoms. The Balaban J connectivity index is 2.04. The maximum atomic E-state index is 12.6. The van der Waals surface area contributed by atoms with Gasteiger partial charge in [-0.3, -0.25) is 9.59 Å². The van der Waals surface area contributed by atoms with Crippen LogP contribution in [-0.4, -0.2) is 39.4 Å². The van der Waals surface area contributed by atoms with E-state index in [-0.39, 0.29) is 17.4 Å². The number of carbonyl (C=O) groups excluding carboxylic acids is 3. The number of nitrogens with one attached hydrogen (secondary N) is 3. The maximum Gasteiger partial charge on any atom is 0.328 e. The lowest BCUT2D eigenvalue weighted by Gasteiger charge is -2.22. The molecule has 2 rings (SSSR count). The van der Waals surface area contributed by atoms with Crippen molar-refractivity contribution < 1.29 is 19.1 Å². The molecule has 1 heterocycles. The fourth-order valence-electron chi connectivity index (χ4n) is 2.45. The van der Waals surface area contributed by atoms with Crippen LogP contribution < -0.4 is 10.6 Å². The highest BCUT2D eigenvalue weighted by Gasteiger charge is 2.27. The lowest BCUT2D eigenvalue weighted by molar-refractivity contribution is -0.156. The van der Waals surface area contributed by atoms with Gasteiger partial charge in [-0.05, 0) is 40.2 Å². The molecule has 3 N–H and O–H groups in total. The van der Waals surface area contributed by atoms with Crippen LogP contribution in [-0.2, 0) is 9.53 Å². The molecule has 0 aliphatic heterocycles. The summed E-state index contributed by atoms with van der Waals surface area (Å²) >= 11 is 0. The molecule has 0 spiro atoms. The normalized spacial score (nSPS) is 13.3. The monoisotopic (exact) mass is 386 g/mol. The Morgan fingerprint density at radius 3 is 2.29 bits per heavy atom. The Morgan fingerprint density at radius 1 is 1.04 bits per heavy atom. The van der Waals surface area contributed by atoms with Crippen molar-refractivity contribution in [3.8, 4) is 0 Å². The van der Waals surface area contributed by atoms with Crippen LogP contribution >= 0.6 is 0 Å². The van der Waals surface area contributed by atoms with Gasteiger partial charge in [0, 0.05) is 0 Å². The van der Waals surface area contributed by atoms with Gasteiger partial charge in [0.25, 0.3) is 11.8 Å². The van der Waals surface area contributed by atoms with Crippen molar-refractivity contribution in [2.24, 2.45) is 0 Å². The molecule has 0 saturated carbocycles. The van der Waals surface area contributed by atoms with Crippen LogP contribution in [0.3, 0.4) is 0 Å². The molecule has 28 heavy (non-hydrogen) atoms. The van der Waals surface area contributed by atoms with Gasteiger partial charge in [0.2, 0.25) is 0 Å². The minimum absolute atomic E-state index is 0.0247. The summed E-state index contributed by atoms with van der Waals surface area (Å²) in [5.41, 5.74) is 0.200. The fourth-order valence-corrected chi connectivity index (χ4v) is 2.45. The lowest BCUT2D eigenvalue weighted by Crippen LogP contribution is -2.43. The second kappa shape index (κ2) is 8.69. The van der Waals surface area contributed by atoms with Crippen LogP contribution in [0.2, 0.25) is 0 Å². The fraction of sp³-hybridized carbons (Fsp3) is 0.400. The number of H-pyrrole nitrogens is 1. The molecule has 8 nitrogen and oxygen atoms in total. The molecule has 0 radical (unpaired) electrons. The molecule has 0 aliphatic carbocycles. The number of aromatic nitrogens is 2. The summed E-state index contributed by atoms with van der Waals surface area (Å²) in [5, 5.41) is 5.33. The number of imidazole rings is 1. The standard InChI is InChI=1S/C20H26N4O4/c1-12(14-9-7-6-8-10-14)23-17(25)15-16(22-11-21-15)18(26)24-13(2)19(27)28-20(3,4)5/h6-13H,1-5H3,(H,21,22)(H,23,25)(H,24,26)/t12-,13+/m1/s1. The molecule has 2 aromatic rings. The minimum Gasteiger partial charge on any atom is -0.458 e. The predicted octanol–water partition coefficient (Wildman–Crippen LogP) is 2.36. The van der Waals surface area contributed by atoms with Crippen molar-refractivity contribution in [2.75, 3.05) is 0 Å². The number of carbonyl (C=O) groups is 3. The average molecular weight is 386 g/mol. The van der Waals surface area contributed by atoms with Crippen molar-refractivity contribution in [1.29, 1.82) is 0 Å². The average Bonchev–Trinajstić information content (AvgIpc) is 3.11. The number of ether oxygens (including phenoxy) is 1. The van der Waals surface area contributed by atoms with Crippen LogP contribution in [0, 0.1) is 0 Å². The molecule has 0 unspecified atom stereocenters. The Bertz CT molecular complexity index is 839.